The van der Waals surface area contributed by atoms with E-state index in [2.05, 4.69) is 5.32 Å². The minimum Gasteiger partial charge on any atom is -0.464 e. The van der Waals surface area contributed by atoms with Gasteiger partial charge < -0.3 is 19.4 Å². The summed E-state index contributed by atoms with van der Waals surface area (Å²) in [6.45, 7) is 4.28. The Labute approximate surface area is 129 Å². The number of carbonyl (C=O) groups is 1. The third-order valence-electron chi connectivity index (χ3n) is 3.70. The van der Waals surface area contributed by atoms with E-state index in [4.69, 9.17) is 9.15 Å². The molecule has 0 bridgehead atoms. The number of nitrogens with one attached hydrogen (secondary N) is 1. The summed E-state index contributed by atoms with van der Waals surface area (Å²) in [6, 6.07) is 12.9. The van der Waals surface area contributed by atoms with E-state index in [1.807, 2.05) is 54.3 Å². The minimum absolute atomic E-state index is 0.0153. The number of aryl methyl sites for hydroxylation is 1. The van der Waals surface area contributed by atoms with Gasteiger partial charge in [-0.3, -0.25) is 4.79 Å². The molecule has 22 heavy (non-hydrogen) atoms. The average molecular weight is 300 g/mol. The van der Waals surface area contributed by atoms with E-state index < -0.39 is 6.04 Å². The van der Waals surface area contributed by atoms with Crippen molar-refractivity contribution in [1.82, 2.24) is 4.90 Å². The van der Waals surface area contributed by atoms with Crippen molar-refractivity contribution in [2.75, 3.05) is 31.6 Å². The van der Waals surface area contributed by atoms with E-state index in [9.17, 15) is 4.79 Å². The molecule has 1 aliphatic heterocycles. The van der Waals surface area contributed by atoms with E-state index in [0.29, 0.717) is 32.1 Å². The van der Waals surface area contributed by atoms with Crippen molar-refractivity contribution in [2.24, 2.45) is 0 Å². The molecule has 0 spiro atoms. The molecule has 1 aliphatic rings. The normalized spacial score (nSPS) is 16.3. The number of morpholine rings is 1. The maximum absolute atomic E-state index is 12.9. The van der Waals surface area contributed by atoms with Gasteiger partial charge in [0.1, 0.15) is 11.5 Å². The first-order valence-electron chi connectivity index (χ1n) is 7.48. The van der Waals surface area contributed by atoms with Crippen LogP contribution in [0.5, 0.6) is 0 Å². The maximum atomic E-state index is 12.9. The molecular formula is C17H20N2O3. The molecule has 5 heteroatoms. The quantitative estimate of drug-likeness (QED) is 0.943. The van der Waals surface area contributed by atoms with E-state index in [-0.39, 0.29) is 5.91 Å². The molecule has 2 aromatic rings. The molecule has 1 N–H and O–H groups in total. The molecule has 1 atom stereocenters. The van der Waals surface area contributed by atoms with Gasteiger partial charge in [-0.15, -0.1) is 0 Å². The largest absolute Gasteiger partial charge is 0.464 e. The molecule has 1 fully saturated rings. The van der Waals surface area contributed by atoms with E-state index in [1.54, 1.807) is 0 Å². The van der Waals surface area contributed by atoms with Crippen molar-refractivity contribution in [3.63, 3.8) is 0 Å². The van der Waals surface area contributed by atoms with Crippen molar-refractivity contribution in [3.8, 4) is 0 Å². The Morgan fingerprint density at radius 2 is 1.86 bits per heavy atom. The highest BCUT2D eigenvalue weighted by atomic mass is 16.5. The van der Waals surface area contributed by atoms with E-state index in [0.717, 1.165) is 11.4 Å². The molecule has 1 aromatic carbocycles. The summed E-state index contributed by atoms with van der Waals surface area (Å²) < 4.78 is 11.0. The lowest BCUT2D eigenvalue weighted by atomic mass is 10.1. The highest BCUT2D eigenvalue weighted by Gasteiger charge is 2.29. The Balaban J connectivity index is 1.83. The summed E-state index contributed by atoms with van der Waals surface area (Å²) in [5.41, 5.74) is 0.892. The van der Waals surface area contributed by atoms with Crippen LogP contribution in [0.1, 0.15) is 17.6 Å². The second kappa shape index (κ2) is 6.66. The van der Waals surface area contributed by atoms with Crippen LogP contribution in [0.15, 0.2) is 46.9 Å². The maximum Gasteiger partial charge on any atom is 0.253 e. The zero-order chi connectivity index (χ0) is 15.4. The SMILES string of the molecule is Cc1ccc(C(Nc2ccccc2)C(=O)N2CCOCC2)o1. The van der Waals surface area contributed by atoms with Gasteiger partial charge in [-0.2, -0.15) is 0 Å². The Hall–Kier alpha value is -2.27. The van der Waals surface area contributed by atoms with Gasteiger partial charge in [0, 0.05) is 18.8 Å². The van der Waals surface area contributed by atoms with Crippen LogP contribution in [0.4, 0.5) is 5.69 Å². The number of carbonyl (C=O) groups excluding carboxylic acids is 1. The van der Waals surface area contributed by atoms with Gasteiger partial charge in [0.15, 0.2) is 6.04 Å². The van der Waals surface area contributed by atoms with Gasteiger partial charge in [-0.05, 0) is 31.2 Å². The van der Waals surface area contributed by atoms with Gasteiger partial charge >= 0.3 is 0 Å². The number of rotatable bonds is 4. The molecule has 0 aliphatic carbocycles. The number of hydrogen-bond acceptors (Lipinski definition) is 4. The highest BCUT2D eigenvalue weighted by Crippen LogP contribution is 2.24. The van der Waals surface area contributed by atoms with Crippen LogP contribution in [-0.2, 0) is 9.53 Å². The van der Waals surface area contributed by atoms with Crippen LogP contribution in [0.2, 0.25) is 0 Å². The van der Waals surface area contributed by atoms with Gasteiger partial charge in [-0.25, -0.2) is 0 Å². The predicted molar refractivity (Wildman–Crippen MR) is 83.6 cm³/mol. The lowest BCUT2D eigenvalue weighted by molar-refractivity contribution is -0.136. The van der Waals surface area contributed by atoms with Crippen molar-refractivity contribution in [2.45, 2.75) is 13.0 Å². The molecule has 0 radical (unpaired) electrons. The summed E-state index contributed by atoms with van der Waals surface area (Å²) in [7, 11) is 0. The second-order valence-electron chi connectivity index (χ2n) is 5.33. The third kappa shape index (κ3) is 3.31. The molecular weight excluding hydrogens is 280 g/mol. The molecule has 116 valence electrons. The second-order valence-corrected chi connectivity index (χ2v) is 5.33. The van der Waals surface area contributed by atoms with Crippen molar-refractivity contribution < 1.29 is 13.9 Å². The fraction of sp³-hybridized carbons (Fsp3) is 0.353. The minimum atomic E-state index is -0.519. The summed E-state index contributed by atoms with van der Waals surface area (Å²) in [5.74, 6) is 1.45. The van der Waals surface area contributed by atoms with Crippen LogP contribution < -0.4 is 5.32 Å². The van der Waals surface area contributed by atoms with E-state index >= 15 is 0 Å². The van der Waals surface area contributed by atoms with Crippen molar-refractivity contribution in [3.05, 3.63) is 54.0 Å². The van der Waals surface area contributed by atoms with Gasteiger partial charge in [0.25, 0.3) is 5.91 Å². The number of nitrogens with zero attached hydrogens (tertiary/aromatic N) is 1. The topological polar surface area (TPSA) is 54.7 Å². The summed E-state index contributed by atoms with van der Waals surface area (Å²) in [4.78, 5) is 14.7. The van der Waals surface area contributed by atoms with Crippen molar-refractivity contribution >= 4 is 11.6 Å². The van der Waals surface area contributed by atoms with Crippen LogP contribution in [0.3, 0.4) is 0 Å². The molecule has 3 rings (SSSR count). The fourth-order valence-electron chi connectivity index (χ4n) is 2.53. The zero-order valence-corrected chi connectivity index (χ0v) is 12.6. The van der Waals surface area contributed by atoms with Gasteiger partial charge in [0.05, 0.1) is 13.2 Å². The van der Waals surface area contributed by atoms with Crippen LogP contribution in [0, 0.1) is 6.92 Å². The molecule has 1 aromatic heterocycles. The molecule has 5 nitrogen and oxygen atoms in total. The Bertz CT molecular complexity index is 618. The molecule has 1 amide bonds. The fourth-order valence-corrected chi connectivity index (χ4v) is 2.53. The standard InChI is InChI=1S/C17H20N2O3/c1-13-7-8-15(22-13)16(18-14-5-3-2-4-6-14)17(20)19-9-11-21-12-10-19/h2-8,16,18H,9-12H2,1H3. The van der Waals surface area contributed by atoms with Crippen molar-refractivity contribution in [1.29, 1.82) is 0 Å². The van der Waals surface area contributed by atoms with Crippen LogP contribution >= 0.6 is 0 Å². The Kier molecular flexibility index (Phi) is 4.44. The number of ether oxygens (including phenoxy) is 1. The number of furan rings is 1. The number of hydrogen-bond donors (Lipinski definition) is 1. The summed E-state index contributed by atoms with van der Waals surface area (Å²) in [5, 5.41) is 3.28. The third-order valence-corrected chi connectivity index (χ3v) is 3.70. The van der Waals surface area contributed by atoms with Crippen LogP contribution in [0.25, 0.3) is 0 Å². The molecule has 0 saturated carbocycles. The number of benzene rings is 1. The first-order chi connectivity index (χ1) is 10.7. The highest BCUT2D eigenvalue weighted by molar-refractivity contribution is 5.85. The number of para-hydroxylation sites is 1. The summed E-state index contributed by atoms with van der Waals surface area (Å²) in [6.07, 6.45) is 0. The molecule has 1 unspecified atom stereocenters. The zero-order valence-electron chi connectivity index (χ0n) is 12.6. The average Bonchev–Trinajstić information content (AvgIpc) is 3.00. The van der Waals surface area contributed by atoms with Gasteiger partial charge in [-0.1, -0.05) is 18.2 Å². The lowest BCUT2D eigenvalue weighted by Crippen LogP contribution is -2.44. The first kappa shape index (κ1) is 14.7. The number of amides is 1. The Morgan fingerprint density at radius 3 is 2.50 bits per heavy atom. The molecule has 2 heterocycles. The smallest absolute Gasteiger partial charge is 0.253 e. The van der Waals surface area contributed by atoms with E-state index in [1.165, 1.54) is 0 Å². The lowest BCUT2D eigenvalue weighted by Gasteiger charge is -2.30. The monoisotopic (exact) mass is 300 g/mol. The predicted octanol–water partition coefficient (Wildman–Crippen LogP) is 2.60. The first-order valence-corrected chi connectivity index (χ1v) is 7.48. The summed E-state index contributed by atoms with van der Waals surface area (Å²) >= 11 is 0. The van der Waals surface area contributed by atoms with Crippen LogP contribution in [-0.4, -0.2) is 37.1 Å². The Morgan fingerprint density at radius 1 is 1.14 bits per heavy atom. The van der Waals surface area contributed by atoms with Gasteiger partial charge in [0.2, 0.25) is 0 Å². The molecule has 1 saturated heterocycles. The number of anilines is 1.